The number of para-hydroxylation sites is 1. The molecule has 0 aromatic heterocycles. The van der Waals surface area contributed by atoms with Crippen molar-refractivity contribution in [2.75, 3.05) is 30.6 Å². The highest BCUT2D eigenvalue weighted by Gasteiger charge is 2.20. The molecule has 0 bridgehead atoms. The zero-order chi connectivity index (χ0) is 11.4. The summed E-state index contributed by atoms with van der Waals surface area (Å²) >= 11 is 3.29. The summed E-state index contributed by atoms with van der Waals surface area (Å²) in [5.41, 5.74) is 1.59. The van der Waals surface area contributed by atoms with E-state index in [1.54, 1.807) is 7.11 Å². The van der Waals surface area contributed by atoms with Gasteiger partial charge >= 0.3 is 0 Å². The Bertz CT molecular complexity index is 351. The Morgan fingerprint density at radius 1 is 1.25 bits per heavy atom. The number of halogens is 1. The van der Waals surface area contributed by atoms with Gasteiger partial charge in [0.15, 0.2) is 0 Å². The quantitative estimate of drug-likeness (QED) is 0.794. The monoisotopic (exact) mass is 285 g/mol. The summed E-state index contributed by atoms with van der Waals surface area (Å²) in [6.07, 6.45) is 2.48. The molecule has 1 aromatic carbocycles. The molecule has 1 saturated heterocycles. The molecule has 0 saturated carbocycles. The molecule has 0 N–H and O–H groups in total. The van der Waals surface area contributed by atoms with Crippen molar-refractivity contribution in [3.8, 4) is 11.5 Å². The zero-order valence-corrected chi connectivity index (χ0v) is 11.0. The fraction of sp³-hybridized carbons (Fsp3) is 0.500. The van der Waals surface area contributed by atoms with Crippen LogP contribution in [0, 0.1) is 0 Å². The van der Waals surface area contributed by atoms with Crippen molar-refractivity contribution in [1.82, 2.24) is 0 Å². The number of hydrogen-bond donors (Lipinski definition) is 0. The van der Waals surface area contributed by atoms with E-state index in [9.17, 15) is 0 Å². The Kier molecular flexibility index (Phi) is 3.93. The molecule has 1 aromatic rings. The first kappa shape index (κ1) is 11.6. The van der Waals surface area contributed by atoms with E-state index in [2.05, 4.69) is 20.8 Å². The fourth-order valence-corrected chi connectivity index (χ4v) is 2.34. The first-order chi connectivity index (χ1) is 7.86. The lowest BCUT2D eigenvalue weighted by atomic mass is 10.2. The van der Waals surface area contributed by atoms with Gasteiger partial charge in [-0.3, -0.25) is 0 Å². The van der Waals surface area contributed by atoms with E-state index < -0.39 is 0 Å². The van der Waals surface area contributed by atoms with Crippen LogP contribution in [-0.2, 0) is 0 Å². The maximum Gasteiger partial charge on any atom is 0.147 e. The van der Waals surface area contributed by atoms with Crippen molar-refractivity contribution < 1.29 is 9.47 Å². The minimum atomic E-state index is 0.501. The van der Waals surface area contributed by atoms with Crippen LogP contribution in [0.5, 0.6) is 11.5 Å². The second-order valence-electron chi connectivity index (χ2n) is 3.75. The molecule has 1 aliphatic rings. The molecular formula is C12H16BrNO2. The summed E-state index contributed by atoms with van der Waals surface area (Å²) in [7, 11) is 1.70. The molecule has 0 aliphatic carbocycles. The van der Waals surface area contributed by atoms with Gasteiger partial charge in [-0.05, 0) is 40.9 Å². The van der Waals surface area contributed by atoms with Crippen LogP contribution >= 0.6 is 15.9 Å². The normalized spacial score (nSPS) is 15.2. The van der Waals surface area contributed by atoms with E-state index in [0.29, 0.717) is 5.52 Å². The number of rotatable bonds is 4. The maximum absolute atomic E-state index is 5.59. The van der Waals surface area contributed by atoms with Crippen LogP contribution in [0.1, 0.15) is 12.8 Å². The van der Waals surface area contributed by atoms with Crippen LogP contribution < -0.4 is 14.4 Å². The Morgan fingerprint density at radius 3 is 2.56 bits per heavy atom. The van der Waals surface area contributed by atoms with Crippen molar-refractivity contribution in [2.45, 2.75) is 12.8 Å². The van der Waals surface area contributed by atoms with Crippen LogP contribution in [0.4, 0.5) is 5.69 Å². The standard InChI is InChI=1S/C12H16BrNO2/c1-15-10-5-4-6-11(16-9-13)12(10)14-7-2-3-8-14/h4-6H,2-3,7-9H2,1H3. The van der Waals surface area contributed by atoms with E-state index in [-0.39, 0.29) is 0 Å². The van der Waals surface area contributed by atoms with Gasteiger partial charge < -0.3 is 14.4 Å². The van der Waals surface area contributed by atoms with Gasteiger partial charge in [0, 0.05) is 13.1 Å². The predicted molar refractivity (Wildman–Crippen MR) is 68.9 cm³/mol. The number of methoxy groups -OCH3 is 1. The van der Waals surface area contributed by atoms with Gasteiger partial charge in [0.25, 0.3) is 0 Å². The molecule has 2 rings (SSSR count). The maximum atomic E-state index is 5.59. The Morgan fingerprint density at radius 2 is 1.94 bits per heavy atom. The lowest BCUT2D eigenvalue weighted by Gasteiger charge is -2.23. The number of hydrogen-bond acceptors (Lipinski definition) is 3. The van der Waals surface area contributed by atoms with Crippen molar-refractivity contribution in [3.63, 3.8) is 0 Å². The molecule has 0 spiro atoms. The SMILES string of the molecule is COc1cccc(OCBr)c1N1CCCC1. The highest BCUT2D eigenvalue weighted by atomic mass is 79.9. The van der Waals surface area contributed by atoms with Gasteiger partial charge in [-0.15, -0.1) is 0 Å². The topological polar surface area (TPSA) is 21.7 Å². The minimum absolute atomic E-state index is 0.501. The first-order valence-corrected chi connectivity index (χ1v) is 6.59. The smallest absolute Gasteiger partial charge is 0.147 e. The van der Waals surface area contributed by atoms with Crippen molar-refractivity contribution in [3.05, 3.63) is 18.2 Å². The van der Waals surface area contributed by atoms with Gasteiger partial charge in [0.05, 0.1) is 7.11 Å². The molecule has 88 valence electrons. The summed E-state index contributed by atoms with van der Waals surface area (Å²) in [5, 5.41) is 0. The average Bonchev–Trinajstić information content (AvgIpc) is 2.82. The van der Waals surface area contributed by atoms with Gasteiger partial charge in [-0.25, -0.2) is 0 Å². The Balaban J connectivity index is 2.36. The molecule has 0 unspecified atom stereocenters. The summed E-state index contributed by atoms with van der Waals surface area (Å²) in [6.45, 7) is 2.16. The molecule has 0 amide bonds. The zero-order valence-electron chi connectivity index (χ0n) is 9.41. The molecular weight excluding hydrogens is 270 g/mol. The largest absolute Gasteiger partial charge is 0.494 e. The second kappa shape index (κ2) is 5.43. The van der Waals surface area contributed by atoms with E-state index in [4.69, 9.17) is 9.47 Å². The third-order valence-electron chi connectivity index (χ3n) is 2.81. The molecule has 1 heterocycles. The number of benzene rings is 1. The van der Waals surface area contributed by atoms with Crippen molar-refractivity contribution >= 4 is 21.6 Å². The van der Waals surface area contributed by atoms with Gasteiger partial charge in [0.2, 0.25) is 0 Å². The Labute approximate surface area is 104 Å². The van der Waals surface area contributed by atoms with Gasteiger partial charge in [-0.2, -0.15) is 0 Å². The van der Waals surface area contributed by atoms with Crippen molar-refractivity contribution in [2.24, 2.45) is 0 Å². The fourth-order valence-electron chi connectivity index (χ4n) is 2.09. The molecule has 4 heteroatoms. The number of ether oxygens (including phenoxy) is 2. The van der Waals surface area contributed by atoms with Crippen molar-refractivity contribution in [1.29, 1.82) is 0 Å². The first-order valence-electron chi connectivity index (χ1n) is 5.47. The predicted octanol–water partition coefficient (Wildman–Crippen LogP) is 3.03. The molecule has 1 aliphatic heterocycles. The summed E-state index contributed by atoms with van der Waals surface area (Å²) in [5.74, 6) is 1.78. The number of alkyl halides is 1. The van der Waals surface area contributed by atoms with E-state index in [0.717, 1.165) is 30.3 Å². The molecule has 0 radical (unpaired) electrons. The van der Waals surface area contributed by atoms with E-state index in [1.165, 1.54) is 12.8 Å². The highest BCUT2D eigenvalue weighted by Crippen LogP contribution is 2.39. The third-order valence-corrected chi connectivity index (χ3v) is 3.04. The van der Waals surface area contributed by atoms with Crippen LogP contribution in [0.15, 0.2) is 18.2 Å². The number of nitrogens with zero attached hydrogens (tertiary/aromatic N) is 1. The van der Waals surface area contributed by atoms with Gasteiger partial charge in [-0.1, -0.05) is 6.07 Å². The molecule has 3 nitrogen and oxygen atoms in total. The number of anilines is 1. The minimum Gasteiger partial charge on any atom is -0.494 e. The van der Waals surface area contributed by atoms with Crippen LogP contribution in [-0.4, -0.2) is 25.7 Å². The summed E-state index contributed by atoms with van der Waals surface area (Å²) < 4.78 is 11.0. The summed E-state index contributed by atoms with van der Waals surface area (Å²) in [4.78, 5) is 2.33. The second-order valence-corrected chi connectivity index (χ2v) is 4.21. The van der Waals surface area contributed by atoms with Crippen LogP contribution in [0.25, 0.3) is 0 Å². The lowest BCUT2D eigenvalue weighted by molar-refractivity contribution is 0.385. The highest BCUT2D eigenvalue weighted by molar-refractivity contribution is 9.09. The third kappa shape index (κ3) is 2.26. The Hall–Kier alpha value is -0.900. The molecule has 0 atom stereocenters. The lowest BCUT2D eigenvalue weighted by Crippen LogP contribution is -2.19. The van der Waals surface area contributed by atoms with Crippen LogP contribution in [0.3, 0.4) is 0 Å². The molecule has 16 heavy (non-hydrogen) atoms. The van der Waals surface area contributed by atoms with E-state index >= 15 is 0 Å². The van der Waals surface area contributed by atoms with E-state index in [1.807, 2.05) is 18.2 Å². The van der Waals surface area contributed by atoms with Gasteiger partial charge in [0.1, 0.15) is 22.7 Å². The average molecular weight is 286 g/mol. The molecule has 1 fully saturated rings. The summed E-state index contributed by atoms with van der Waals surface area (Å²) in [6, 6.07) is 5.92. The van der Waals surface area contributed by atoms with Crippen LogP contribution in [0.2, 0.25) is 0 Å².